The van der Waals surface area contributed by atoms with E-state index in [1.165, 1.54) is 0 Å². The third kappa shape index (κ3) is 1.41. The summed E-state index contributed by atoms with van der Waals surface area (Å²) in [4.78, 5) is 2.22. The van der Waals surface area contributed by atoms with Gasteiger partial charge < -0.3 is 10.2 Å². The third-order valence-corrected chi connectivity index (χ3v) is 2.79. The summed E-state index contributed by atoms with van der Waals surface area (Å²) in [6.07, 6.45) is 2.22. The highest BCUT2D eigenvalue weighted by Gasteiger charge is 2.45. The molecule has 11 heavy (non-hydrogen) atoms. The molecule has 0 aromatic rings. The van der Waals surface area contributed by atoms with Crippen LogP contribution in [0, 0.1) is 5.41 Å². The Hall–Kier alpha value is -0.120. The van der Waals surface area contributed by atoms with E-state index in [0.29, 0.717) is 6.61 Å². The molecular formula is C8H15NO2. The van der Waals surface area contributed by atoms with Gasteiger partial charge in [-0.25, -0.2) is 0 Å². The lowest BCUT2D eigenvalue weighted by Gasteiger charge is -2.38. The molecule has 0 spiro atoms. The molecule has 2 fully saturated rings. The molecule has 0 bridgehead atoms. The van der Waals surface area contributed by atoms with E-state index in [2.05, 4.69) is 4.90 Å². The number of hydrogen-bond donors (Lipinski definition) is 2. The zero-order valence-electron chi connectivity index (χ0n) is 6.66. The van der Waals surface area contributed by atoms with E-state index in [0.717, 1.165) is 32.5 Å². The van der Waals surface area contributed by atoms with E-state index < -0.39 is 0 Å². The normalized spacial score (nSPS) is 30.0. The number of nitrogens with zero attached hydrogens (tertiary/aromatic N) is 1. The first-order valence-corrected chi connectivity index (χ1v) is 4.25. The van der Waals surface area contributed by atoms with Crippen molar-refractivity contribution >= 4 is 0 Å². The predicted molar refractivity (Wildman–Crippen MR) is 41.2 cm³/mol. The van der Waals surface area contributed by atoms with Crippen LogP contribution in [0.25, 0.3) is 0 Å². The second-order valence-corrected chi connectivity index (χ2v) is 4.01. The number of β-amino-alcohol motifs (C(OH)–C–C–N with tert-alkyl or cyclic N) is 1. The summed E-state index contributed by atoms with van der Waals surface area (Å²) in [5.74, 6) is 0. The zero-order valence-corrected chi connectivity index (χ0v) is 6.66. The minimum atomic E-state index is -0.107. The van der Waals surface area contributed by atoms with Crippen LogP contribution in [0.4, 0.5) is 0 Å². The van der Waals surface area contributed by atoms with Crippen LogP contribution in [0.1, 0.15) is 12.8 Å². The van der Waals surface area contributed by atoms with Gasteiger partial charge in [0, 0.05) is 31.7 Å². The standard InChI is InChI=1S/C8H15NO2/c10-6-8(1-2-8)5-9-3-7(11)4-9/h7,10-11H,1-6H2. The Morgan fingerprint density at radius 3 is 2.36 bits per heavy atom. The highest BCUT2D eigenvalue weighted by Crippen LogP contribution is 2.46. The molecule has 1 saturated heterocycles. The molecule has 0 atom stereocenters. The minimum Gasteiger partial charge on any atom is -0.396 e. The monoisotopic (exact) mass is 157 g/mol. The van der Waals surface area contributed by atoms with Crippen molar-refractivity contribution in [3.8, 4) is 0 Å². The predicted octanol–water partition coefficient (Wildman–Crippen LogP) is -0.565. The maximum Gasteiger partial charge on any atom is 0.0793 e. The Morgan fingerprint density at radius 1 is 1.36 bits per heavy atom. The van der Waals surface area contributed by atoms with Crippen LogP contribution in [-0.4, -0.2) is 47.5 Å². The SMILES string of the molecule is OCC1(CN2CC(O)C2)CC1. The average molecular weight is 157 g/mol. The van der Waals surface area contributed by atoms with E-state index in [9.17, 15) is 0 Å². The van der Waals surface area contributed by atoms with Gasteiger partial charge in [0.1, 0.15) is 0 Å². The summed E-state index contributed by atoms with van der Waals surface area (Å²) in [5, 5.41) is 18.0. The van der Waals surface area contributed by atoms with Gasteiger partial charge >= 0.3 is 0 Å². The van der Waals surface area contributed by atoms with Gasteiger partial charge in [-0.15, -0.1) is 0 Å². The fourth-order valence-corrected chi connectivity index (χ4v) is 1.69. The van der Waals surface area contributed by atoms with Crippen LogP contribution >= 0.6 is 0 Å². The number of aliphatic hydroxyl groups is 2. The van der Waals surface area contributed by atoms with Gasteiger partial charge in [0.05, 0.1) is 6.10 Å². The fourth-order valence-electron chi connectivity index (χ4n) is 1.69. The van der Waals surface area contributed by atoms with Crippen LogP contribution in [0.3, 0.4) is 0 Å². The summed E-state index contributed by atoms with van der Waals surface area (Å²) < 4.78 is 0. The van der Waals surface area contributed by atoms with Crippen LogP contribution in [0.15, 0.2) is 0 Å². The van der Waals surface area contributed by atoms with Crippen LogP contribution in [0.5, 0.6) is 0 Å². The van der Waals surface area contributed by atoms with Crippen molar-refractivity contribution in [1.82, 2.24) is 4.90 Å². The lowest BCUT2D eigenvalue weighted by molar-refractivity contribution is -0.0151. The number of rotatable bonds is 3. The minimum absolute atomic E-state index is 0.107. The van der Waals surface area contributed by atoms with Crippen molar-refractivity contribution < 1.29 is 10.2 Å². The molecule has 0 aromatic heterocycles. The summed E-state index contributed by atoms with van der Waals surface area (Å²) in [5.41, 5.74) is 0.222. The van der Waals surface area contributed by atoms with Crippen molar-refractivity contribution in [3.05, 3.63) is 0 Å². The lowest BCUT2D eigenvalue weighted by atomic mass is 10.0. The van der Waals surface area contributed by atoms with E-state index in [-0.39, 0.29) is 11.5 Å². The first-order chi connectivity index (χ1) is 5.24. The molecule has 2 N–H and O–H groups in total. The highest BCUT2D eigenvalue weighted by atomic mass is 16.3. The summed E-state index contributed by atoms with van der Waals surface area (Å²) in [6, 6.07) is 0. The smallest absolute Gasteiger partial charge is 0.0793 e. The Morgan fingerprint density at radius 2 is 2.00 bits per heavy atom. The molecule has 1 heterocycles. The third-order valence-electron chi connectivity index (χ3n) is 2.79. The van der Waals surface area contributed by atoms with Gasteiger partial charge in [-0.1, -0.05) is 0 Å². The van der Waals surface area contributed by atoms with Gasteiger partial charge in [-0.2, -0.15) is 0 Å². The zero-order chi connectivity index (χ0) is 7.90. The fraction of sp³-hybridized carbons (Fsp3) is 1.00. The molecule has 2 aliphatic rings. The first-order valence-electron chi connectivity index (χ1n) is 4.25. The average Bonchev–Trinajstić information content (AvgIpc) is 2.66. The molecule has 0 amide bonds. The van der Waals surface area contributed by atoms with Crippen LogP contribution < -0.4 is 0 Å². The van der Waals surface area contributed by atoms with Crippen molar-refractivity contribution in [2.45, 2.75) is 18.9 Å². The van der Waals surface area contributed by atoms with Crippen LogP contribution in [-0.2, 0) is 0 Å². The maximum atomic E-state index is 9.00. The van der Waals surface area contributed by atoms with E-state index in [1.54, 1.807) is 0 Å². The maximum absolute atomic E-state index is 9.00. The first kappa shape index (κ1) is 7.53. The van der Waals surface area contributed by atoms with Gasteiger partial charge in [0.15, 0.2) is 0 Å². The molecule has 0 unspecified atom stereocenters. The summed E-state index contributed by atoms with van der Waals surface area (Å²) in [6.45, 7) is 2.92. The molecule has 0 aromatic carbocycles. The molecule has 64 valence electrons. The molecule has 3 nitrogen and oxygen atoms in total. The van der Waals surface area contributed by atoms with E-state index in [1.807, 2.05) is 0 Å². The van der Waals surface area contributed by atoms with Crippen molar-refractivity contribution in [2.75, 3.05) is 26.2 Å². The van der Waals surface area contributed by atoms with E-state index in [4.69, 9.17) is 10.2 Å². The molecular weight excluding hydrogens is 142 g/mol. The van der Waals surface area contributed by atoms with Crippen LogP contribution in [0.2, 0.25) is 0 Å². The summed E-state index contributed by atoms with van der Waals surface area (Å²) in [7, 11) is 0. The summed E-state index contributed by atoms with van der Waals surface area (Å²) >= 11 is 0. The van der Waals surface area contributed by atoms with Gasteiger partial charge in [0.25, 0.3) is 0 Å². The molecule has 3 heteroatoms. The van der Waals surface area contributed by atoms with Crippen molar-refractivity contribution in [3.63, 3.8) is 0 Å². The Labute approximate surface area is 66.6 Å². The van der Waals surface area contributed by atoms with Gasteiger partial charge in [-0.05, 0) is 12.8 Å². The molecule has 1 saturated carbocycles. The van der Waals surface area contributed by atoms with Gasteiger partial charge in [0.2, 0.25) is 0 Å². The number of aliphatic hydroxyl groups excluding tert-OH is 2. The quantitative estimate of drug-likeness (QED) is 0.577. The van der Waals surface area contributed by atoms with Crippen molar-refractivity contribution in [2.24, 2.45) is 5.41 Å². The Bertz CT molecular complexity index is 150. The number of likely N-dealkylation sites (tertiary alicyclic amines) is 1. The second kappa shape index (κ2) is 2.44. The molecule has 2 rings (SSSR count). The number of hydrogen-bond acceptors (Lipinski definition) is 3. The Kier molecular flexibility index (Phi) is 1.67. The second-order valence-electron chi connectivity index (χ2n) is 4.01. The molecule has 1 aliphatic heterocycles. The molecule has 1 aliphatic carbocycles. The largest absolute Gasteiger partial charge is 0.396 e. The van der Waals surface area contributed by atoms with Gasteiger partial charge in [-0.3, -0.25) is 4.90 Å². The highest BCUT2D eigenvalue weighted by molar-refractivity contribution is 4.97. The van der Waals surface area contributed by atoms with Crippen molar-refractivity contribution in [1.29, 1.82) is 0 Å². The lowest BCUT2D eigenvalue weighted by Crippen LogP contribution is -2.52. The topological polar surface area (TPSA) is 43.7 Å². The van der Waals surface area contributed by atoms with E-state index >= 15 is 0 Å². The Balaban J connectivity index is 1.74. The molecule has 0 radical (unpaired) electrons.